The minimum Gasteiger partial charge on any atom is -0.317 e. The topological polar surface area (TPSA) is 49.4 Å². The Morgan fingerprint density at radius 3 is 2.90 bits per heavy atom. The van der Waals surface area contributed by atoms with Crippen LogP contribution in [-0.2, 0) is 10.0 Å². The summed E-state index contributed by atoms with van der Waals surface area (Å²) in [6.45, 7) is 6.46. The molecule has 1 aromatic carbocycles. The molecule has 0 spiro atoms. The number of sulfonamides is 1. The third kappa shape index (κ3) is 3.81. The summed E-state index contributed by atoms with van der Waals surface area (Å²) in [6, 6.07) is 3.93. The molecule has 1 aromatic rings. The van der Waals surface area contributed by atoms with Gasteiger partial charge < -0.3 is 5.32 Å². The fourth-order valence-corrected chi connectivity index (χ4v) is 4.54. The molecule has 2 rings (SSSR count). The molecule has 0 bridgehead atoms. The van der Waals surface area contributed by atoms with Crippen LogP contribution in [0.1, 0.15) is 25.3 Å². The van der Waals surface area contributed by atoms with Crippen LogP contribution in [-0.4, -0.2) is 38.9 Å². The maximum absolute atomic E-state index is 13.4. The largest absolute Gasteiger partial charge is 0.317 e. The van der Waals surface area contributed by atoms with Crippen molar-refractivity contribution in [2.45, 2.75) is 31.6 Å². The fraction of sp³-hybridized carbons (Fsp3) is 0.600. The molecule has 1 aliphatic rings. The van der Waals surface area contributed by atoms with Crippen LogP contribution in [0.4, 0.5) is 4.39 Å². The average Bonchev–Trinajstić information content (AvgIpc) is 2.48. The van der Waals surface area contributed by atoms with E-state index in [9.17, 15) is 12.8 Å². The molecule has 0 saturated carbocycles. The molecule has 4 nitrogen and oxygen atoms in total. The molecule has 1 aliphatic heterocycles. The molecule has 1 N–H and O–H groups in total. The molecule has 1 unspecified atom stereocenters. The van der Waals surface area contributed by atoms with Crippen molar-refractivity contribution in [2.24, 2.45) is 5.92 Å². The standard InChI is InChI=1S/C15H23FN2O2S/c1-3-17-10-13-5-4-8-18(11-13)21(19,20)15-9-14(16)7-6-12(15)2/h6-7,9,13,17H,3-5,8,10-11H2,1-2H3. The molecule has 1 fully saturated rings. The summed E-state index contributed by atoms with van der Waals surface area (Å²) in [6.07, 6.45) is 1.88. The van der Waals surface area contributed by atoms with Crippen molar-refractivity contribution in [3.8, 4) is 0 Å². The quantitative estimate of drug-likeness (QED) is 0.906. The zero-order valence-corrected chi connectivity index (χ0v) is 13.4. The summed E-state index contributed by atoms with van der Waals surface area (Å²) in [5.41, 5.74) is 0.588. The maximum Gasteiger partial charge on any atom is 0.243 e. The number of rotatable bonds is 5. The van der Waals surface area contributed by atoms with Gasteiger partial charge >= 0.3 is 0 Å². The number of aryl methyl sites for hydroxylation is 1. The Morgan fingerprint density at radius 1 is 1.43 bits per heavy atom. The minimum absolute atomic E-state index is 0.0894. The molecular weight excluding hydrogens is 291 g/mol. The van der Waals surface area contributed by atoms with Gasteiger partial charge in [-0.25, -0.2) is 12.8 Å². The van der Waals surface area contributed by atoms with Gasteiger partial charge in [-0.15, -0.1) is 0 Å². The summed E-state index contributed by atoms with van der Waals surface area (Å²) in [4.78, 5) is 0.0894. The lowest BCUT2D eigenvalue weighted by Gasteiger charge is -2.32. The van der Waals surface area contributed by atoms with Gasteiger partial charge in [-0.2, -0.15) is 4.31 Å². The first kappa shape index (κ1) is 16.4. The molecular formula is C15H23FN2O2S. The molecule has 118 valence electrons. The number of nitrogens with zero attached hydrogens (tertiary/aromatic N) is 1. The van der Waals surface area contributed by atoms with Gasteiger partial charge in [0.2, 0.25) is 10.0 Å². The highest BCUT2D eigenvalue weighted by Crippen LogP contribution is 2.26. The predicted octanol–water partition coefficient (Wildman–Crippen LogP) is 2.14. The van der Waals surface area contributed by atoms with E-state index in [0.717, 1.165) is 32.0 Å². The van der Waals surface area contributed by atoms with E-state index < -0.39 is 15.8 Å². The highest BCUT2D eigenvalue weighted by molar-refractivity contribution is 7.89. The van der Waals surface area contributed by atoms with Crippen molar-refractivity contribution in [1.82, 2.24) is 9.62 Å². The summed E-state index contributed by atoms with van der Waals surface area (Å²) < 4.78 is 40.3. The van der Waals surface area contributed by atoms with E-state index in [0.29, 0.717) is 24.6 Å². The second-order valence-electron chi connectivity index (χ2n) is 5.59. The molecule has 0 amide bonds. The van der Waals surface area contributed by atoms with Crippen molar-refractivity contribution in [2.75, 3.05) is 26.2 Å². The number of hydrogen-bond acceptors (Lipinski definition) is 3. The van der Waals surface area contributed by atoms with Gasteiger partial charge in [0.05, 0.1) is 4.90 Å². The molecule has 1 heterocycles. The van der Waals surface area contributed by atoms with Gasteiger partial charge in [-0.3, -0.25) is 0 Å². The van der Waals surface area contributed by atoms with Crippen LogP contribution < -0.4 is 5.32 Å². The highest BCUT2D eigenvalue weighted by Gasteiger charge is 2.31. The number of benzene rings is 1. The van der Waals surface area contributed by atoms with E-state index in [2.05, 4.69) is 5.32 Å². The van der Waals surface area contributed by atoms with Crippen molar-refractivity contribution >= 4 is 10.0 Å². The van der Waals surface area contributed by atoms with E-state index >= 15 is 0 Å². The Balaban J connectivity index is 2.20. The average molecular weight is 314 g/mol. The van der Waals surface area contributed by atoms with Crippen LogP contribution in [0.25, 0.3) is 0 Å². The van der Waals surface area contributed by atoms with Crippen LogP contribution in [0.5, 0.6) is 0 Å². The summed E-state index contributed by atoms with van der Waals surface area (Å²) >= 11 is 0. The molecule has 0 aromatic heterocycles. The monoisotopic (exact) mass is 314 g/mol. The zero-order valence-electron chi connectivity index (χ0n) is 12.6. The normalized spacial score (nSPS) is 20.6. The minimum atomic E-state index is -3.61. The number of piperidine rings is 1. The Labute approximate surface area is 126 Å². The fourth-order valence-electron chi connectivity index (χ4n) is 2.75. The Bertz CT molecular complexity index is 589. The number of hydrogen-bond donors (Lipinski definition) is 1. The van der Waals surface area contributed by atoms with Crippen LogP contribution >= 0.6 is 0 Å². The van der Waals surface area contributed by atoms with Gasteiger partial charge in [0, 0.05) is 13.1 Å². The molecule has 21 heavy (non-hydrogen) atoms. The van der Waals surface area contributed by atoms with E-state index in [1.165, 1.54) is 16.4 Å². The van der Waals surface area contributed by atoms with Gasteiger partial charge in [0.25, 0.3) is 0 Å². The molecule has 1 atom stereocenters. The maximum atomic E-state index is 13.4. The Hall–Kier alpha value is -0.980. The third-order valence-electron chi connectivity index (χ3n) is 3.93. The number of halogens is 1. The lowest BCUT2D eigenvalue weighted by molar-refractivity contribution is 0.261. The molecule has 0 aliphatic carbocycles. The van der Waals surface area contributed by atoms with E-state index in [1.807, 2.05) is 6.92 Å². The smallest absolute Gasteiger partial charge is 0.243 e. The summed E-state index contributed by atoms with van der Waals surface area (Å²) in [5, 5.41) is 3.27. The second kappa shape index (κ2) is 6.85. The molecule has 0 radical (unpaired) electrons. The lowest BCUT2D eigenvalue weighted by Crippen LogP contribution is -2.43. The van der Waals surface area contributed by atoms with Crippen LogP contribution in [0.3, 0.4) is 0 Å². The zero-order chi connectivity index (χ0) is 15.5. The van der Waals surface area contributed by atoms with Crippen molar-refractivity contribution in [1.29, 1.82) is 0 Å². The van der Waals surface area contributed by atoms with Crippen molar-refractivity contribution in [3.63, 3.8) is 0 Å². The van der Waals surface area contributed by atoms with Crippen LogP contribution in [0, 0.1) is 18.7 Å². The van der Waals surface area contributed by atoms with E-state index in [1.54, 1.807) is 6.92 Å². The van der Waals surface area contributed by atoms with Gasteiger partial charge in [0.15, 0.2) is 0 Å². The van der Waals surface area contributed by atoms with Gasteiger partial charge in [-0.1, -0.05) is 13.0 Å². The first-order chi connectivity index (χ1) is 9.95. The highest BCUT2D eigenvalue weighted by atomic mass is 32.2. The summed E-state index contributed by atoms with van der Waals surface area (Å²) in [5.74, 6) is -0.192. The van der Waals surface area contributed by atoms with Gasteiger partial charge in [-0.05, 0) is 56.5 Å². The first-order valence-corrected chi connectivity index (χ1v) is 8.86. The van der Waals surface area contributed by atoms with Crippen LogP contribution in [0.2, 0.25) is 0 Å². The van der Waals surface area contributed by atoms with Gasteiger partial charge in [0.1, 0.15) is 5.82 Å². The Morgan fingerprint density at radius 2 is 2.19 bits per heavy atom. The predicted molar refractivity (Wildman–Crippen MR) is 81.2 cm³/mol. The molecule has 6 heteroatoms. The van der Waals surface area contributed by atoms with E-state index in [4.69, 9.17) is 0 Å². The lowest BCUT2D eigenvalue weighted by atomic mass is 10.00. The first-order valence-electron chi connectivity index (χ1n) is 7.42. The summed E-state index contributed by atoms with van der Waals surface area (Å²) in [7, 11) is -3.61. The Kier molecular flexibility index (Phi) is 5.35. The van der Waals surface area contributed by atoms with E-state index in [-0.39, 0.29) is 4.90 Å². The van der Waals surface area contributed by atoms with Crippen molar-refractivity contribution in [3.05, 3.63) is 29.6 Å². The number of nitrogens with one attached hydrogen (secondary N) is 1. The second-order valence-corrected chi connectivity index (χ2v) is 7.50. The molecule has 1 saturated heterocycles. The SMILES string of the molecule is CCNCC1CCCN(S(=O)(=O)c2cc(F)ccc2C)C1. The third-order valence-corrected chi connectivity index (χ3v) is 5.94. The van der Waals surface area contributed by atoms with Crippen molar-refractivity contribution < 1.29 is 12.8 Å². The van der Waals surface area contributed by atoms with Crippen LogP contribution in [0.15, 0.2) is 23.1 Å².